The molecular formula is C54H36N12. The lowest BCUT2D eigenvalue weighted by molar-refractivity contribution is 0.949. The number of fused-ring (bicyclic) bond motifs is 2. The van der Waals surface area contributed by atoms with Crippen LogP contribution >= 0.6 is 0 Å². The number of hydrogen-bond acceptors (Lipinski definition) is 12. The molecule has 6 heterocycles. The van der Waals surface area contributed by atoms with Crippen molar-refractivity contribution in [1.29, 1.82) is 0 Å². The lowest BCUT2D eigenvalue weighted by Gasteiger charge is -2.32. The molecule has 12 heteroatoms. The van der Waals surface area contributed by atoms with Crippen molar-refractivity contribution < 1.29 is 0 Å². The number of anilines is 8. The SMILES string of the molecule is c1ccc(-c2cc3c(cc2-c2ccccc2)N(c2ccncn2)C(=C2N(c4ccncn4)c4cc(-c5ccccc5)c(-c5ccccc5)cc4N2c2ccncn2)N3c2ccncn2)cc1. The van der Waals surface area contributed by atoms with E-state index in [0.717, 1.165) is 67.3 Å². The van der Waals surface area contributed by atoms with Crippen LogP contribution in [0.2, 0.25) is 0 Å². The molecule has 312 valence electrons. The predicted molar refractivity (Wildman–Crippen MR) is 258 cm³/mol. The van der Waals surface area contributed by atoms with Crippen LogP contribution in [0.4, 0.5) is 46.0 Å². The third kappa shape index (κ3) is 6.56. The maximum Gasteiger partial charge on any atom is 0.168 e. The first-order valence-electron chi connectivity index (χ1n) is 21.4. The fraction of sp³-hybridized carbons (Fsp3) is 0. The summed E-state index contributed by atoms with van der Waals surface area (Å²) in [7, 11) is 0. The van der Waals surface area contributed by atoms with Crippen molar-refractivity contribution in [3.8, 4) is 44.5 Å². The van der Waals surface area contributed by atoms with E-state index in [1.807, 2.05) is 48.5 Å². The fourth-order valence-corrected chi connectivity index (χ4v) is 8.94. The monoisotopic (exact) mass is 852 g/mol. The van der Waals surface area contributed by atoms with Gasteiger partial charge in [0.25, 0.3) is 0 Å². The summed E-state index contributed by atoms with van der Waals surface area (Å²) in [5.41, 5.74) is 11.9. The van der Waals surface area contributed by atoms with Gasteiger partial charge in [0.1, 0.15) is 48.6 Å². The molecule has 0 atom stereocenters. The molecular weight excluding hydrogens is 817 g/mol. The topological polar surface area (TPSA) is 116 Å². The van der Waals surface area contributed by atoms with Crippen LogP contribution in [0.3, 0.4) is 0 Å². The highest BCUT2D eigenvalue weighted by Crippen LogP contribution is 2.59. The Balaban J connectivity index is 1.25. The zero-order valence-corrected chi connectivity index (χ0v) is 35.2. The molecule has 0 aliphatic carbocycles. The molecule has 6 aromatic carbocycles. The van der Waals surface area contributed by atoms with Crippen LogP contribution in [-0.4, -0.2) is 39.9 Å². The first-order chi connectivity index (χ1) is 32.8. The van der Waals surface area contributed by atoms with E-state index < -0.39 is 0 Å². The highest BCUT2D eigenvalue weighted by molar-refractivity contribution is 6.04. The second-order valence-corrected chi connectivity index (χ2v) is 15.5. The maximum atomic E-state index is 4.98. The van der Waals surface area contributed by atoms with E-state index in [0.29, 0.717) is 34.9 Å². The number of nitrogens with zero attached hydrogens (tertiary/aromatic N) is 12. The minimum absolute atomic E-state index is 0.632. The Labute approximate surface area is 380 Å². The van der Waals surface area contributed by atoms with Crippen molar-refractivity contribution >= 4 is 46.0 Å². The van der Waals surface area contributed by atoms with Gasteiger partial charge < -0.3 is 0 Å². The van der Waals surface area contributed by atoms with Gasteiger partial charge in [-0.1, -0.05) is 121 Å². The van der Waals surface area contributed by atoms with Crippen LogP contribution in [0.1, 0.15) is 0 Å². The van der Waals surface area contributed by atoms with Crippen LogP contribution < -0.4 is 19.6 Å². The van der Waals surface area contributed by atoms with E-state index in [9.17, 15) is 0 Å². The fourth-order valence-electron chi connectivity index (χ4n) is 8.94. The summed E-state index contributed by atoms with van der Waals surface area (Å²) in [6.07, 6.45) is 13.4. The Morgan fingerprint density at radius 3 is 0.682 bits per heavy atom. The summed E-state index contributed by atoms with van der Waals surface area (Å²) in [6, 6.07) is 58.6. The lowest BCUT2D eigenvalue weighted by atomic mass is 9.93. The standard InChI is InChI=1S/C54H36N12/c1-5-13-37(14-6-1)41-29-45-46(30-42(41)38-15-7-2-8-16-38)64(50-22-26-56-34-60-50)53(63(45)49-21-25-55-33-59-49)54-65(51-23-27-57-35-61-51)47-31-43(39-17-9-3-10-18-39)44(40-19-11-4-12-20-40)32-48(47)66(54)52-24-28-58-36-62-52/h1-36H. The zero-order valence-electron chi connectivity index (χ0n) is 35.2. The molecule has 0 bridgehead atoms. The van der Waals surface area contributed by atoms with Gasteiger partial charge in [0.2, 0.25) is 0 Å². The Morgan fingerprint density at radius 2 is 0.485 bits per heavy atom. The smallest absolute Gasteiger partial charge is 0.168 e. The molecule has 0 saturated carbocycles. The molecule has 10 aromatic rings. The van der Waals surface area contributed by atoms with Crippen molar-refractivity contribution in [3.63, 3.8) is 0 Å². The molecule has 0 amide bonds. The van der Waals surface area contributed by atoms with E-state index in [2.05, 4.69) is 161 Å². The molecule has 0 saturated heterocycles. The minimum atomic E-state index is 0.632. The van der Waals surface area contributed by atoms with Crippen LogP contribution in [0, 0.1) is 0 Å². The molecule has 0 N–H and O–H groups in total. The first-order valence-corrected chi connectivity index (χ1v) is 21.4. The lowest BCUT2D eigenvalue weighted by Crippen LogP contribution is -2.34. The molecule has 12 nitrogen and oxygen atoms in total. The van der Waals surface area contributed by atoms with Crippen molar-refractivity contribution in [3.05, 3.63) is 232 Å². The molecule has 12 rings (SSSR count). The number of rotatable bonds is 8. The summed E-state index contributed by atoms with van der Waals surface area (Å²) in [6.45, 7) is 0. The third-order valence-electron chi connectivity index (χ3n) is 11.8. The van der Waals surface area contributed by atoms with E-state index in [1.54, 1.807) is 50.1 Å². The van der Waals surface area contributed by atoms with E-state index in [1.165, 1.54) is 0 Å². The van der Waals surface area contributed by atoms with Gasteiger partial charge in [-0.3, -0.25) is 19.6 Å². The predicted octanol–water partition coefficient (Wildman–Crippen LogP) is 11.9. The van der Waals surface area contributed by atoms with Gasteiger partial charge in [0.05, 0.1) is 22.7 Å². The van der Waals surface area contributed by atoms with Gasteiger partial charge in [0, 0.05) is 24.8 Å². The minimum Gasteiger partial charge on any atom is -0.275 e. The Morgan fingerprint density at radius 1 is 0.258 bits per heavy atom. The summed E-state index contributed by atoms with van der Waals surface area (Å²) in [5.74, 6) is 3.92. The number of hydrogen-bond donors (Lipinski definition) is 0. The maximum absolute atomic E-state index is 4.98. The van der Waals surface area contributed by atoms with Crippen molar-refractivity contribution in [2.24, 2.45) is 0 Å². The van der Waals surface area contributed by atoms with Crippen LogP contribution in [-0.2, 0) is 0 Å². The van der Waals surface area contributed by atoms with E-state index in [-0.39, 0.29) is 0 Å². The van der Waals surface area contributed by atoms with Gasteiger partial charge in [-0.05, 0) is 93.0 Å². The largest absolute Gasteiger partial charge is 0.275 e. The summed E-state index contributed by atoms with van der Waals surface area (Å²) >= 11 is 0. The molecule has 66 heavy (non-hydrogen) atoms. The molecule has 0 radical (unpaired) electrons. The van der Waals surface area contributed by atoms with Gasteiger partial charge in [-0.25, -0.2) is 39.9 Å². The summed E-state index contributed by atoms with van der Waals surface area (Å²) in [5, 5.41) is 0. The quantitative estimate of drug-likeness (QED) is 0.145. The van der Waals surface area contributed by atoms with Crippen molar-refractivity contribution in [2.45, 2.75) is 0 Å². The molecule has 0 fully saturated rings. The average Bonchev–Trinajstić information content (AvgIpc) is 3.92. The van der Waals surface area contributed by atoms with Crippen LogP contribution in [0.15, 0.2) is 232 Å². The van der Waals surface area contributed by atoms with E-state index in [4.69, 9.17) is 19.9 Å². The van der Waals surface area contributed by atoms with E-state index >= 15 is 0 Å². The number of aromatic nitrogens is 8. The molecule has 2 aliphatic rings. The molecule has 2 aliphatic heterocycles. The number of benzene rings is 6. The van der Waals surface area contributed by atoms with Gasteiger partial charge in [0.15, 0.2) is 11.6 Å². The average molecular weight is 853 g/mol. The zero-order chi connectivity index (χ0) is 43.8. The van der Waals surface area contributed by atoms with Gasteiger partial charge in [-0.15, -0.1) is 0 Å². The summed E-state index contributed by atoms with van der Waals surface area (Å²) in [4.78, 5) is 46.2. The molecule has 4 aromatic heterocycles. The Hall–Kier alpha value is -9.42. The van der Waals surface area contributed by atoms with Crippen molar-refractivity contribution in [2.75, 3.05) is 19.6 Å². The second kappa shape index (κ2) is 16.4. The van der Waals surface area contributed by atoms with Gasteiger partial charge >= 0.3 is 0 Å². The van der Waals surface area contributed by atoms with Crippen LogP contribution in [0.5, 0.6) is 0 Å². The molecule has 0 unspecified atom stereocenters. The summed E-state index contributed by atoms with van der Waals surface area (Å²) < 4.78 is 0. The highest BCUT2D eigenvalue weighted by atomic mass is 15.5. The van der Waals surface area contributed by atoms with Crippen LogP contribution in [0.25, 0.3) is 44.5 Å². The third-order valence-corrected chi connectivity index (χ3v) is 11.8. The molecule has 0 spiro atoms. The Bertz CT molecular complexity index is 2900. The Kier molecular flexibility index (Phi) is 9.49. The highest BCUT2D eigenvalue weighted by Gasteiger charge is 2.46. The second-order valence-electron chi connectivity index (χ2n) is 15.5. The van der Waals surface area contributed by atoms with Gasteiger partial charge in [-0.2, -0.15) is 0 Å². The first kappa shape index (κ1) is 38.3. The van der Waals surface area contributed by atoms with Crippen molar-refractivity contribution in [1.82, 2.24) is 39.9 Å². The normalized spacial score (nSPS) is 13.0.